The second kappa shape index (κ2) is 7.64. The van der Waals surface area contributed by atoms with Gasteiger partial charge in [0.05, 0.1) is 12.4 Å². The van der Waals surface area contributed by atoms with E-state index < -0.39 is 9.84 Å². The van der Waals surface area contributed by atoms with Crippen LogP contribution in [0.2, 0.25) is 0 Å². The quantitative estimate of drug-likeness (QED) is 0.801. The Balaban J connectivity index is 2.59. The van der Waals surface area contributed by atoms with Crippen LogP contribution in [0.5, 0.6) is 5.75 Å². The summed E-state index contributed by atoms with van der Waals surface area (Å²) in [5.74, 6) is 1.21. The first kappa shape index (κ1) is 17.0. The molecule has 0 aliphatic heterocycles. The van der Waals surface area contributed by atoms with Gasteiger partial charge in [0, 0.05) is 17.8 Å². The van der Waals surface area contributed by atoms with E-state index in [1.165, 1.54) is 0 Å². The summed E-state index contributed by atoms with van der Waals surface area (Å²) in [7, 11) is -2.94. The average molecular weight is 299 g/mol. The Morgan fingerprint density at radius 1 is 1.15 bits per heavy atom. The van der Waals surface area contributed by atoms with Crippen molar-refractivity contribution in [2.45, 2.75) is 39.8 Å². The smallest absolute Gasteiger partial charge is 0.151 e. The molecule has 0 fully saturated rings. The first-order chi connectivity index (χ1) is 9.38. The number of hydrogen-bond donors (Lipinski definition) is 1. The summed E-state index contributed by atoms with van der Waals surface area (Å²) in [6.45, 7) is 8.22. The molecule has 0 saturated heterocycles. The van der Waals surface area contributed by atoms with Crippen molar-refractivity contribution < 1.29 is 13.2 Å². The van der Waals surface area contributed by atoms with E-state index in [1.807, 2.05) is 45.0 Å². The van der Waals surface area contributed by atoms with Gasteiger partial charge in [-0.25, -0.2) is 8.42 Å². The normalized spacial score (nSPS) is 14.8. The van der Waals surface area contributed by atoms with Gasteiger partial charge in [0.25, 0.3) is 0 Å². The third-order valence-corrected chi connectivity index (χ3v) is 5.06. The van der Waals surface area contributed by atoms with E-state index in [-0.39, 0.29) is 23.6 Å². The van der Waals surface area contributed by atoms with Gasteiger partial charge in [0.1, 0.15) is 5.75 Å². The summed E-state index contributed by atoms with van der Waals surface area (Å²) in [5.41, 5.74) is 1.12. The molecule has 1 N–H and O–H groups in total. The molecule has 0 aliphatic rings. The Morgan fingerprint density at radius 3 is 2.25 bits per heavy atom. The lowest BCUT2D eigenvalue weighted by molar-refractivity contribution is 0.340. The van der Waals surface area contributed by atoms with Gasteiger partial charge in [-0.2, -0.15) is 0 Å². The molecule has 0 aromatic heterocycles. The molecule has 20 heavy (non-hydrogen) atoms. The summed E-state index contributed by atoms with van der Waals surface area (Å²) in [6, 6.07) is 7.91. The Hall–Kier alpha value is -1.07. The molecule has 1 rings (SSSR count). The van der Waals surface area contributed by atoms with Crippen LogP contribution in [0.15, 0.2) is 24.3 Å². The van der Waals surface area contributed by atoms with Crippen LogP contribution in [-0.4, -0.2) is 32.6 Å². The highest BCUT2D eigenvalue weighted by atomic mass is 32.2. The van der Waals surface area contributed by atoms with E-state index in [2.05, 4.69) is 5.32 Å². The molecule has 2 atom stereocenters. The summed E-state index contributed by atoms with van der Waals surface area (Å²) >= 11 is 0. The van der Waals surface area contributed by atoms with Crippen molar-refractivity contribution in [3.63, 3.8) is 0 Å². The zero-order chi connectivity index (χ0) is 15.2. The average Bonchev–Trinajstić information content (AvgIpc) is 2.39. The molecule has 1 aromatic rings. The molecular formula is C15H25NO3S. The zero-order valence-electron chi connectivity index (χ0n) is 12.7. The van der Waals surface area contributed by atoms with Gasteiger partial charge in [-0.05, 0) is 38.5 Å². The van der Waals surface area contributed by atoms with Crippen LogP contribution in [0.3, 0.4) is 0 Å². The van der Waals surface area contributed by atoms with Crippen molar-refractivity contribution in [2.24, 2.45) is 0 Å². The SMILES string of the molecule is CCOc1ccc(C(C)NC(C)CS(=O)(=O)CC)cc1. The van der Waals surface area contributed by atoms with Gasteiger partial charge < -0.3 is 10.1 Å². The first-order valence-electron chi connectivity index (χ1n) is 7.07. The van der Waals surface area contributed by atoms with Crippen LogP contribution < -0.4 is 10.1 Å². The molecule has 5 heteroatoms. The number of hydrogen-bond acceptors (Lipinski definition) is 4. The maximum Gasteiger partial charge on any atom is 0.151 e. The minimum absolute atomic E-state index is 0.0680. The van der Waals surface area contributed by atoms with Gasteiger partial charge in [0.2, 0.25) is 0 Å². The molecule has 4 nitrogen and oxygen atoms in total. The predicted octanol–water partition coefficient (Wildman–Crippen LogP) is 2.56. The summed E-state index contributed by atoms with van der Waals surface area (Å²) in [6.07, 6.45) is 0. The lowest BCUT2D eigenvalue weighted by Crippen LogP contribution is -2.35. The van der Waals surface area contributed by atoms with Crippen molar-refractivity contribution in [3.05, 3.63) is 29.8 Å². The summed E-state index contributed by atoms with van der Waals surface area (Å²) < 4.78 is 28.6. The van der Waals surface area contributed by atoms with Crippen LogP contribution in [0, 0.1) is 0 Å². The number of ether oxygens (including phenoxy) is 1. The van der Waals surface area contributed by atoms with Crippen LogP contribution in [0.1, 0.15) is 39.3 Å². The number of rotatable bonds is 8. The van der Waals surface area contributed by atoms with E-state index in [0.29, 0.717) is 6.61 Å². The maximum atomic E-state index is 11.6. The van der Waals surface area contributed by atoms with E-state index in [4.69, 9.17) is 4.74 Å². The molecule has 0 amide bonds. The van der Waals surface area contributed by atoms with E-state index in [1.54, 1.807) is 6.92 Å². The van der Waals surface area contributed by atoms with Gasteiger partial charge in [-0.1, -0.05) is 19.1 Å². The fourth-order valence-corrected chi connectivity index (χ4v) is 3.18. The Bertz CT molecular complexity index is 496. The van der Waals surface area contributed by atoms with Crippen molar-refractivity contribution in [3.8, 4) is 5.75 Å². The van der Waals surface area contributed by atoms with Gasteiger partial charge >= 0.3 is 0 Å². The number of sulfone groups is 1. The molecule has 0 heterocycles. The fourth-order valence-electron chi connectivity index (χ4n) is 2.09. The zero-order valence-corrected chi connectivity index (χ0v) is 13.5. The van der Waals surface area contributed by atoms with Crippen molar-refractivity contribution in [1.29, 1.82) is 0 Å². The van der Waals surface area contributed by atoms with E-state index in [0.717, 1.165) is 11.3 Å². The van der Waals surface area contributed by atoms with Crippen LogP contribution in [-0.2, 0) is 9.84 Å². The molecule has 0 radical (unpaired) electrons. The minimum atomic E-state index is -2.94. The van der Waals surface area contributed by atoms with Crippen LogP contribution >= 0.6 is 0 Å². The molecular weight excluding hydrogens is 274 g/mol. The highest BCUT2D eigenvalue weighted by Crippen LogP contribution is 2.18. The fraction of sp³-hybridized carbons (Fsp3) is 0.600. The Labute approximate surface area is 122 Å². The molecule has 0 aliphatic carbocycles. The second-order valence-electron chi connectivity index (χ2n) is 4.99. The molecule has 0 spiro atoms. The maximum absolute atomic E-state index is 11.6. The predicted molar refractivity (Wildman–Crippen MR) is 83.0 cm³/mol. The van der Waals surface area contributed by atoms with Crippen LogP contribution in [0.4, 0.5) is 0 Å². The van der Waals surface area contributed by atoms with Gasteiger partial charge in [0.15, 0.2) is 9.84 Å². The highest BCUT2D eigenvalue weighted by Gasteiger charge is 2.16. The molecule has 114 valence electrons. The Morgan fingerprint density at radius 2 is 1.75 bits per heavy atom. The van der Waals surface area contributed by atoms with E-state index >= 15 is 0 Å². The summed E-state index contributed by atoms with van der Waals surface area (Å²) in [4.78, 5) is 0. The minimum Gasteiger partial charge on any atom is -0.494 e. The lowest BCUT2D eigenvalue weighted by Gasteiger charge is -2.20. The van der Waals surface area contributed by atoms with Crippen molar-refractivity contribution >= 4 is 9.84 Å². The molecule has 0 bridgehead atoms. The van der Waals surface area contributed by atoms with Crippen molar-refractivity contribution in [1.82, 2.24) is 5.32 Å². The monoisotopic (exact) mass is 299 g/mol. The standard InChI is InChI=1S/C15H25NO3S/c1-5-19-15-9-7-14(8-10-15)13(4)16-12(3)11-20(17,18)6-2/h7-10,12-13,16H,5-6,11H2,1-4H3. The second-order valence-corrected chi connectivity index (χ2v) is 7.39. The van der Waals surface area contributed by atoms with Crippen molar-refractivity contribution in [2.75, 3.05) is 18.1 Å². The molecule has 2 unspecified atom stereocenters. The lowest BCUT2D eigenvalue weighted by atomic mass is 10.1. The highest BCUT2D eigenvalue weighted by molar-refractivity contribution is 7.91. The third-order valence-electron chi connectivity index (χ3n) is 3.17. The van der Waals surface area contributed by atoms with E-state index in [9.17, 15) is 8.42 Å². The molecule has 0 saturated carbocycles. The largest absolute Gasteiger partial charge is 0.494 e. The number of nitrogens with one attached hydrogen (secondary N) is 1. The number of benzene rings is 1. The first-order valence-corrected chi connectivity index (χ1v) is 8.89. The Kier molecular flexibility index (Phi) is 6.49. The van der Waals surface area contributed by atoms with Gasteiger partial charge in [-0.15, -0.1) is 0 Å². The third kappa shape index (κ3) is 5.51. The topological polar surface area (TPSA) is 55.4 Å². The van der Waals surface area contributed by atoms with Gasteiger partial charge in [-0.3, -0.25) is 0 Å². The van der Waals surface area contributed by atoms with Crippen LogP contribution in [0.25, 0.3) is 0 Å². The summed E-state index contributed by atoms with van der Waals surface area (Å²) in [5, 5.41) is 3.32. The molecule has 1 aromatic carbocycles.